The van der Waals surface area contributed by atoms with Gasteiger partial charge in [0.15, 0.2) is 0 Å². The lowest BCUT2D eigenvalue weighted by atomic mass is 9.85. The van der Waals surface area contributed by atoms with Gasteiger partial charge in [-0.15, -0.1) is 24.5 Å². The average molecular weight is 1130 g/mol. The van der Waals surface area contributed by atoms with Gasteiger partial charge < -0.3 is 55.4 Å². The first kappa shape index (κ1) is 58.7. The van der Waals surface area contributed by atoms with Gasteiger partial charge in [0, 0.05) is 62.9 Å². The SMILES string of the molecule is Cc1ncsc1-c1ccc([C@H](C)NC(=O)[C@@H]2C[C@@H](O)CN2C(=O)[C@@H](NC(=O)CCOCCOCCC(=O)NCCCn2cc(-c3ccc4c(c3)CCN4C(=O)Cc3cccc(OC(F)(F)F)c3)c3c(N)ncnc32)C(C)(C)C)cc1. The summed E-state index contributed by atoms with van der Waals surface area (Å²) in [4.78, 5) is 84.1. The number of rotatable bonds is 23. The van der Waals surface area contributed by atoms with E-state index in [-0.39, 0.29) is 82.3 Å². The number of aliphatic hydroxyl groups is 1. The van der Waals surface area contributed by atoms with Crippen LogP contribution in [0.1, 0.15) is 81.8 Å². The number of likely N-dealkylation sites (tertiary alicyclic amines) is 1. The molecule has 5 amide bonds. The second-order valence-electron chi connectivity index (χ2n) is 21.0. The summed E-state index contributed by atoms with van der Waals surface area (Å²) in [6.07, 6.45) is -1.23. The third kappa shape index (κ3) is 14.8. The Morgan fingerprint density at radius 2 is 1.62 bits per heavy atom. The summed E-state index contributed by atoms with van der Waals surface area (Å²) in [5.41, 5.74) is 14.6. The number of carbonyl (C=O) groups is 5. The minimum absolute atomic E-state index is 0.0389. The summed E-state index contributed by atoms with van der Waals surface area (Å²) >= 11 is 1.56. The van der Waals surface area contributed by atoms with Crippen LogP contribution in [0, 0.1) is 12.3 Å². The molecule has 0 bridgehead atoms. The number of halogens is 3. The maximum Gasteiger partial charge on any atom is 0.573 e. The molecule has 6 N–H and O–H groups in total. The van der Waals surface area contributed by atoms with Gasteiger partial charge in [-0.1, -0.05) is 63.2 Å². The number of anilines is 2. The van der Waals surface area contributed by atoms with Gasteiger partial charge in [-0.3, -0.25) is 24.0 Å². The zero-order valence-corrected chi connectivity index (χ0v) is 46.1. The van der Waals surface area contributed by atoms with Gasteiger partial charge in [0.25, 0.3) is 0 Å². The Morgan fingerprint density at radius 1 is 0.900 bits per heavy atom. The number of aromatic nitrogens is 4. The lowest BCUT2D eigenvalue weighted by Gasteiger charge is -2.35. The first-order valence-electron chi connectivity index (χ1n) is 26.5. The number of benzene rings is 3. The maximum absolute atomic E-state index is 14.1. The number of hydrogen-bond acceptors (Lipinski definition) is 14. The van der Waals surface area contributed by atoms with Crippen LogP contribution < -0.4 is 31.3 Å². The number of aliphatic hydroxyl groups excluding tert-OH is 1. The molecule has 2 aliphatic rings. The largest absolute Gasteiger partial charge is 0.573 e. The second kappa shape index (κ2) is 25.8. The lowest BCUT2D eigenvalue weighted by molar-refractivity contribution is -0.274. The fourth-order valence-corrected chi connectivity index (χ4v) is 10.8. The van der Waals surface area contributed by atoms with Gasteiger partial charge in [0.2, 0.25) is 29.5 Å². The van der Waals surface area contributed by atoms with Crippen LogP contribution >= 0.6 is 11.3 Å². The number of thiazole rings is 1. The van der Waals surface area contributed by atoms with Crippen molar-refractivity contribution in [3.05, 3.63) is 107 Å². The van der Waals surface area contributed by atoms with E-state index in [1.807, 2.05) is 87.8 Å². The van der Waals surface area contributed by atoms with Crippen LogP contribution in [0.2, 0.25) is 0 Å². The molecule has 5 heterocycles. The van der Waals surface area contributed by atoms with Gasteiger partial charge in [-0.05, 0) is 84.2 Å². The molecule has 0 saturated carbocycles. The monoisotopic (exact) mass is 1120 g/mol. The Kier molecular flexibility index (Phi) is 18.9. The number of β-amino-alcohol motifs (C(OH)–C–C–N with tert-alkyl or cyclic N) is 1. The number of nitrogens with two attached hydrogens (primary N) is 1. The van der Waals surface area contributed by atoms with Gasteiger partial charge in [-0.2, -0.15) is 0 Å². The number of fused-ring (bicyclic) bond motifs is 2. The van der Waals surface area contributed by atoms with Crippen LogP contribution in [0.3, 0.4) is 0 Å². The quantitative estimate of drug-likeness (QED) is 0.0414. The van der Waals surface area contributed by atoms with Crippen molar-refractivity contribution in [3.63, 3.8) is 0 Å². The number of amides is 5. The molecule has 3 aromatic heterocycles. The van der Waals surface area contributed by atoms with Gasteiger partial charge >= 0.3 is 6.36 Å². The molecule has 23 heteroatoms. The molecule has 3 aromatic carbocycles. The van der Waals surface area contributed by atoms with Crippen molar-refractivity contribution in [2.24, 2.45) is 5.41 Å². The number of alkyl halides is 3. The van der Waals surface area contributed by atoms with Crippen LogP contribution in [-0.2, 0) is 52.8 Å². The van der Waals surface area contributed by atoms with E-state index in [9.17, 15) is 42.3 Å². The first-order valence-corrected chi connectivity index (χ1v) is 27.4. The molecule has 80 heavy (non-hydrogen) atoms. The lowest BCUT2D eigenvalue weighted by Crippen LogP contribution is -2.58. The van der Waals surface area contributed by atoms with Crippen molar-refractivity contribution < 1.29 is 56.5 Å². The van der Waals surface area contributed by atoms with E-state index in [1.54, 1.807) is 27.8 Å². The summed E-state index contributed by atoms with van der Waals surface area (Å²) in [7, 11) is 0. The molecule has 0 radical (unpaired) electrons. The average Bonchev–Trinajstić information content (AvgIpc) is 4.23. The molecule has 4 atom stereocenters. The molecule has 8 rings (SSSR count). The third-order valence-corrected chi connectivity index (χ3v) is 15.0. The van der Waals surface area contributed by atoms with Crippen LogP contribution in [0.5, 0.6) is 5.75 Å². The number of ether oxygens (including phenoxy) is 3. The molecule has 0 spiro atoms. The summed E-state index contributed by atoms with van der Waals surface area (Å²) in [5, 5.41) is 20.1. The van der Waals surface area contributed by atoms with Crippen LogP contribution in [0.4, 0.5) is 24.7 Å². The molecule has 6 aromatic rings. The number of nitrogen functional groups attached to an aromatic ring is 1. The fraction of sp³-hybridized carbons (Fsp3) is 0.439. The highest BCUT2D eigenvalue weighted by Gasteiger charge is 2.45. The minimum atomic E-state index is -4.84. The molecule has 0 unspecified atom stereocenters. The highest BCUT2D eigenvalue weighted by Crippen LogP contribution is 2.38. The van der Waals surface area contributed by atoms with Crippen molar-refractivity contribution in [2.45, 2.75) is 110 Å². The van der Waals surface area contributed by atoms with E-state index in [2.05, 4.69) is 35.6 Å². The van der Waals surface area contributed by atoms with Crippen molar-refractivity contribution in [2.75, 3.05) is 56.7 Å². The highest BCUT2D eigenvalue weighted by atomic mass is 32.1. The molecule has 1 fully saturated rings. The van der Waals surface area contributed by atoms with Crippen LogP contribution in [0.15, 0.2) is 84.8 Å². The van der Waals surface area contributed by atoms with E-state index < -0.39 is 47.7 Å². The predicted octanol–water partition coefficient (Wildman–Crippen LogP) is 6.83. The van der Waals surface area contributed by atoms with Gasteiger partial charge in [0.05, 0.1) is 66.5 Å². The van der Waals surface area contributed by atoms with E-state index in [1.165, 1.54) is 29.4 Å². The van der Waals surface area contributed by atoms with Gasteiger partial charge in [-0.25, -0.2) is 15.0 Å². The number of aryl methyl sites for hydroxylation is 2. The zero-order valence-electron chi connectivity index (χ0n) is 45.3. The van der Waals surface area contributed by atoms with Crippen molar-refractivity contribution >= 4 is 63.4 Å². The molecule has 1 saturated heterocycles. The van der Waals surface area contributed by atoms with Crippen molar-refractivity contribution in [3.8, 4) is 27.3 Å². The van der Waals surface area contributed by atoms with E-state index >= 15 is 0 Å². The number of nitrogens with one attached hydrogen (secondary N) is 3. The standard InChI is InChI=1S/C57H67F3N10O9S/c1-34(37-10-12-38(13-11-37)50-35(2)65-33-80-50)66-54(75)45-29-41(71)30-70(45)55(76)51(56(3,4)5)67-47(73)18-23-78-25-24-77-22-17-46(72)62-19-7-20-68-31-43(49-52(61)63-32-64-53(49)68)39-14-15-44-40(28-39)16-21-69(44)48(74)27-36-8-6-9-42(26-36)79-57(58,59)60/h6,8-15,26,28,31-34,41,45,51,71H,7,16-25,27,29-30H2,1-5H3,(H,62,72)(H,66,75)(H,67,73)(H2,61,63,64)/t34-,41+,45-,51+/m0/s1. The Morgan fingerprint density at radius 3 is 2.33 bits per heavy atom. The first-order chi connectivity index (χ1) is 38.1. The molecule has 0 aliphatic carbocycles. The summed E-state index contributed by atoms with van der Waals surface area (Å²) < 4.78 is 55.6. The van der Waals surface area contributed by atoms with Crippen LogP contribution in [0.25, 0.3) is 32.6 Å². The zero-order chi connectivity index (χ0) is 57.3. The molecular formula is C57H67F3N10O9S. The Balaban J connectivity index is 0.728. The minimum Gasteiger partial charge on any atom is -0.406 e. The second-order valence-corrected chi connectivity index (χ2v) is 21.9. The number of hydrogen-bond donors (Lipinski definition) is 5. The molecular weight excluding hydrogens is 1060 g/mol. The fourth-order valence-electron chi connectivity index (χ4n) is 9.95. The normalized spacial score (nSPS) is 16.1. The maximum atomic E-state index is 14.1. The van der Waals surface area contributed by atoms with Crippen molar-refractivity contribution in [1.82, 2.24) is 40.4 Å². The molecule has 2 aliphatic heterocycles. The predicted molar refractivity (Wildman–Crippen MR) is 295 cm³/mol. The molecule has 426 valence electrons. The summed E-state index contributed by atoms with van der Waals surface area (Å²) in [6.45, 7) is 11.1. The van der Waals surface area contributed by atoms with Gasteiger partial charge in [0.1, 0.15) is 35.6 Å². The summed E-state index contributed by atoms with van der Waals surface area (Å²) in [6, 6.07) is 16.7. The van der Waals surface area contributed by atoms with Crippen molar-refractivity contribution in [1.29, 1.82) is 0 Å². The summed E-state index contributed by atoms with van der Waals surface area (Å²) in [5.74, 6) is -1.81. The highest BCUT2D eigenvalue weighted by molar-refractivity contribution is 7.13. The number of nitrogens with zero attached hydrogens (tertiary/aromatic N) is 6. The molecule has 19 nitrogen and oxygen atoms in total. The number of carbonyl (C=O) groups excluding carboxylic acids is 5. The third-order valence-electron chi connectivity index (χ3n) is 14.0. The topological polar surface area (TPSA) is 245 Å². The van der Waals surface area contributed by atoms with Crippen LogP contribution in [-0.4, -0.2) is 130 Å². The van der Waals surface area contributed by atoms with E-state index in [0.29, 0.717) is 54.9 Å². The Labute approximate surface area is 465 Å². The smallest absolute Gasteiger partial charge is 0.406 e. The Bertz CT molecular complexity index is 3180. The van der Waals surface area contributed by atoms with E-state index in [0.717, 1.165) is 44.1 Å². The Hall–Kier alpha value is -7.47. The van der Waals surface area contributed by atoms with E-state index in [4.69, 9.17) is 15.2 Å².